The summed E-state index contributed by atoms with van der Waals surface area (Å²) in [6.45, 7) is 2.63. The largest absolute Gasteiger partial charge is 0.456 e. The molecule has 2 aromatic carbocycles. The van der Waals surface area contributed by atoms with Crippen LogP contribution in [0.3, 0.4) is 0 Å². The molecular formula is C28H25ClN4O3. The smallest absolute Gasteiger partial charge is 0.249 e. The monoisotopic (exact) mass is 500 g/mol. The molecule has 1 unspecified atom stereocenters. The molecule has 2 N–H and O–H groups in total. The highest BCUT2D eigenvalue weighted by molar-refractivity contribution is 6.29. The zero-order chi connectivity index (χ0) is 24.5. The number of rotatable bonds is 5. The number of hydrogen-bond acceptors (Lipinski definition) is 6. The van der Waals surface area contributed by atoms with Gasteiger partial charge in [0.15, 0.2) is 0 Å². The highest BCUT2D eigenvalue weighted by Gasteiger charge is 2.28. The van der Waals surface area contributed by atoms with Gasteiger partial charge in [0.2, 0.25) is 5.56 Å². The summed E-state index contributed by atoms with van der Waals surface area (Å²) in [6.07, 6.45) is 4.09. The zero-order valence-corrected chi connectivity index (χ0v) is 20.3. The maximum absolute atomic E-state index is 11.8. The third kappa shape index (κ3) is 4.67. The molecule has 0 amide bonds. The van der Waals surface area contributed by atoms with E-state index in [9.17, 15) is 4.79 Å². The summed E-state index contributed by atoms with van der Waals surface area (Å²) in [5, 5.41) is 3.94. The van der Waals surface area contributed by atoms with Gasteiger partial charge in [0.05, 0.1) is 6.61 Å². The zero-order valence-electron chi connectivity index (χ0n) is 19.5. The van der Waals surface area contributed by atoms with Crippen LogP contribution in [-0.2, 0) is 17.7 Å². The van der Waals surface area contributed by atoms with Gasteiger partial charge < -0.3 is 24.7 Å². The van der Waals surface area contributed by atoms with Gasteiger partial charge in [-0.25, -0.2) is 4.98 Å². The van der Waals surface area contributed by atoms with Gasteiger partial charge in [-0.05, 0) is 41.5 Å². The fourth-order valence-corrected chi connectivity index (χ4v) is 4.89. The van der Waals surface area contributed by atoms with Crippen molar-refractivity contribution in [2.75, 3.05) is 29.9 Å². The van der Waals surface area contributed by atoms with Crippen molar-refractivity contribution in [2.45, 2.75) is 19.1 Å². The van der Waals surface area contributed by atoms with Crippen LogP contribution in [0.5, 0.6) is 11.5 Å². The first-order chi connectivity index (χ1) is 17.6. The SMILES string of the molecule is O=c1cc(N2CCOC(c3cccc4c3Oc3ccc(NCc5ccc(Cl)nc5)cc3C4)C2)cc[nH]1. The van der Waals surface area contributed by atoms with Gasteiger partial charge in [-0.3, -0.25) is 4.79 Å². The number of H-pyrrole nitrogens is 1. The molecular weight excluding hydrogens is 476 g/mol. The van der Waals surface area contributed by atoms with Crippen LogP contribution in [0.4, 0.5) is 11.4 Å². The van der Waals surface area contributed by atoms with Crippen molar-refractivity contribution < 1.29 is 9.47 Å². The van der Waals surface area contributed by atoms with E-state index in [1.54, 1.807) is 24.5 Å². The lowest BCUT2D eigenvalue weighted by Gasteiger charge is -2.36. The van der Waals surface area contributed by atoms with E-state index in [1.807, 2.05) is 24.3 Å². The van der Waals surface area contributed by atoms with E-state index < -0.39 is 0 Å². The number of para-hydroxylation sites is 1. The number of fused-ring (bicyclic) bond motifs is 2. The minimum absolute atomic E-state index is 0.105. The van der Waals surface area contributed by atoms with Crippen LogP contribution in [-0.4, -0.2) is 29.7 Å². The van der Waals surface area contributed by atoms with Gasteiger partial charge in [-0.15, -0.1) is 0 Å². The molecule has 0 spiro atoms. The molecule has 1 saturated heterocycles. The molecule has 2 aliphatic heterocycles. The van der Waals surface area contributed by atoms with Gasteiger partial charge in [-0.1, -0.05) is 35.9 Å². The van der Waals surface area contributed by atoms with Crippen molar-refractivity contribution in [3.63, 3.8) is 0 Å². The predicted molar refractivity (Wildman–Crippen MR) is 140 cm³/mol. The lowest BCUT2D eigenvalue weighted by Crippen LogP contribution is -2.39. The summed E-state index contributed by atoms with van der Waals surface area (Å²) >= 11 is 5.88. The number of aromatic amines is 1. The topological polar surface area (TPSA) is 79.5 Å². The summed E-state index contributed by atoms with van der Waals surface area (Å²) in [7, 11) is 0. The second-order valence-electron chi connectivity index (χ2n) is 9.00. The standard InChI is InChI=1S/C28H25ClN4O3/c29-26-7-4-18(16-32-26)15-31-21-5-6-24-20(13-21)12-19-2-1-3-23(28(19)36-24)25-17-33(10-11-35-25)22-8-9-30-27(34)14-22/h1-9,13-14,16,25,31H,10-12,15,17H2,(H,30,34). The van der Waals surface area contributed by atoms with Gasteiger partial charge in [-0.2, -0.15) is 0 Å². The first kappa shape index (κ1) is 22.6. The Labute approximate surface area is 213 Å². The molecule has 8 heteroatoms. The Morgan fingerprint density at radius 2 is 2.06 bits per heavy atom. The van der Waals surface area contributed by atoms with E-state index in [4.69, 9.17) is 21.1 Å². The molecule has 36 heavy (non-hydrogen) atoms. The molecule has 0 aliphatic carbocycles. The van der Waals surface area contributed by atoms with Crippen molar-refractivity contribution in [3.05, 3.63) is 111 Å². The maximum atomic E-state index is 11.8. The van der Waals surface area contributed by atoms with Gasteiger partial charge >= 0.3 is 0 Å². The third-order valence-corrected chi connectivity index (χ3v) is 6.83. The minimum atomic E-state index is -0.150. The molecule has 0 saturated carbocycles. The number of morpholine rings is 1. The number of pyridine rings is 2. The fraction of sp³-hybridized carbons (Fsp3) is 0.214. The normalized spacial score (nSPS) is 16.6. The molecule has 4 heterocycles. The lowest BCUT2D eigenvalue weighted by molar-refractivity contribution is 0.0384. The first-order valence-electron chi connectivity index (χ1n) is 11.9. The molecule has 1 atom stereocenters. The number of ether oxygens (including phenoxy) is 2. The quantitative estimate of drug-likeness (QED) is 0.318. The van der Waals surface area contributed by atoms with Gasteiger partial charge in [0, 0.05) is 67.0 Å². The van der Waals surface area contributed by atoms with Crippen LogP contribution >= 0.6 is 11.6 Å². The van der Waals surface area contributed by atoms with E-state index in [0.717, 1.165) is 58.1 Å². The van der Waals surface area contributed by atoms with E-state index in [0.29, 0.717) is 24.8 Å². The van der Waals surface area contributed by atoms with E-state index in [2.05, 4.69) is 44.5 Å². The van der Waals surface area contributed by atoms with Gasteiger partial charge in [0.1, 0.15) is 22.8 Å². The predicted octanol–water partition coefficient (Wildman–Crippen LogP) is 5.31. The van der Waals surface area contributed by atoms with Crippen molar-refractivity contribution in [2.24, 2.45) is 0 Å². The molecule has 1 fully saturated rings. The molecule has 0 bridgehead atoms. The van der Waals surface area contributed by atoms with Crippen molar-refractivity contribution in [1.29, 1.82) is 0 Å². The second-order valence-corrected chi connectivity index (χ2v) is 9.38. The Bertz CT molecular complexity index is 1450. The summed E-state index contributed by atoms with van der Waals surface area (Å²) in [5.74, 6) is 1.73. The van der Waals surface area contributed by atoms with Crippen LogP contribution in [0, 0.1) is 0 Å². The lowest BCUT2D eigenvalue weighted by atomic mass is 9.95. The molecule has 7 nitrogen and oxygen atoms in total. The molecule has 0 radical (unpaired) electrons. The number of anilines is 2. The van der Waals surface area contributed by atoms with Crippen LogP contribution in [0.15, 0.2) is 77.9 Å². The van der Waals surface area contributed by atoms with Crippen LogP contribution in [0.1, 0.15) is 28.4 Å². The van der Waals surface area contributed by atoms with Gasteiger partial charge in [0.25, 0.3) is 0 Å². The Balaban J connectivity index is 1.20. The minimum Gasteiger partial charge on any atom is -0.456 e. The summed E-state index contributed by atoms with van der Waals surface area (Å²) < 4.78 is 12.6. The Morgan fingerprint density at radius 3 is 2.92 bits per heavy atom. The van der Waals surface area contributed by atoms with E-state index in [1.165, 1.54) is 0 Å². The molecule has 2 aromatic heterocycles. The number of nitrogens with zero attached hydrogens (tertiary/aromatic N) is 2. The van der Waals surface area contributed by atoms with E-state index in [-0.39, 0.29) is 11.7 Å². The van der Waals surface area contributed by atoms with Crippen LogP contribution < -0.4 is 20.5 Å². The molecule has 6 rings (SSSR count). The highest BCUT2D eigenvalue weighted by atomic mass is 35.5. The molecule has 2 aliphatic rings. The Kier molecular flexibility index (Phi) is 6.09. The van der Waals surface area contributed by atoms with Crippen molar-refractivity contribution in [3.8, 4) is 11.5 Å². The number of benzene rings is 2. The number of hydrogen-bond donors (Lipinski definition) is 2. The van der Waals surface area contributed by atoms with E-state index >= 15 is 0 Å². The summed E-state index contributed by atoms with van der Waals surface area (Å²) in [4.78, 5) is 20.8. The van der Waals surface area contributed by atoms with Crippen molar-refractivity contribution >= 4 is 23.0 Å². The van der Waals surface area contributed by atoms with Crippen molar-refractivity contribution in [1.82, 2.24) is 9.97 Å². The second kappa shape index (κ2) is 9.68. The maximum Gasteiger partial charge on any atom is 0.249 e. The Hall–Kier alpha value is -3.81. The fourth-order valence-electron chi connectivity index (χ4n) is 4.78. The Morgan fingerprint density at radius 1 is 1.11 bits per heavy atom. The molecule has 4 aromatic rings. The van der Waals surface area contributed by atoms with Crippen LogP contribution in [0.25, 0.3) is 0 Å². The highest BCUT2D eigenvalue weighted by Crippen LogP contribution is 2.43. The first-order valence-corrected chi connectivity index (χ1v) is 12.3. The number of halogens is 1. The number of nitrogens with one attached hydrogen (secondary N) is 2. The number of aromatic nitrogens is 2. The van der Waals surface area contributed by atoms with Crippen LogP contribution in [0.2, 0.25) is 5.15 Å². The third-order valence-electron chi connectivity index (χ3n) is 6.60. The summed E-state index contributed by atoms with van der Waals surface area (Å²) in [5.41, 5.74) is 6.18. The molecule has 182 valence electrons. The average Bonchev–Trinajstić information content (AvgIpc) is 2.91. The average molecular weight is 501 g/mol. The summed E-state index contributed by atoms with van der Waals surface area (Å²) in [6, 6.07) is 19.7.